The van der Waals surface area contributed by atoms with Gasteiger partial charge in [0.2, 0.25) is 0 Å². The Morgan fingerprint density at radius 2 is 2.35 bits per heavy atom. The van der Waals surface area contributed by atoms with E-state index in [1.54, 1.807) is 12.3 Å². The van der Waals surface area contributed by atoms with Crippen molar-refractivity contribution in [2.75, 3.05) is 32.8 Å². The van der Waals surface area contributed by atoms with Crippen molar-refractivity contribution in [3.05, 3.63) is 16.1 Å². The Balaban J connectivity index is 1.91. The molecule has 1 aliphatic rings. The van der Waals surface area contributed by atoms with Crippen molar-refractivity contribution in [2.24, 2.45) is 0 Å². The number of nitrogens with zero attached hydrogens (tertiary/aromatic N) is 2. The van der Waals surface area contributed by atoms with E-state index < -0.39 is 0 Å². The molecule has 1 aromatic heterocycles. The van der Waals surface area contributed by atoms with E-state index in [0.717, 1.165) is 37.7 Å². The van der Waals surface area contributed by atoms with Crippen LogP contribution in [0.25, 0.3) is 0 Å². The van der Waals surface area contributed by atoms with Gasteiger partial charge in [-0.25, -0.2) is 9.78 Å². The summed E-state index contributed by atoms with van der Waals surface area (Å²) >= 11 is 1.52. The molecule has 0 unspecified atom stereocenters. The third-order valence-electron chi connectivity index (χ3n) is 2.60. The number of carbonyl (C=O) groups excluding carboxylic acids is 1. The zero-order chi connectivity index (χ0) is 12.1. The number of carbonyl (C=O) groups is 1. The Bertz CT molecular complexity index is 375. The Kier molecular flexibility index (Phi) is 4.47. The molecule has 1 aromatic rings. The summed E-state index contributed by atoms with van der Waals surface area (Å²) in [5.41, 5.74) is 0.432. The monoisotopic (exact) mass is 255 g/mol. The minimum atomic E-state index is -0.324. The Morgan fingerprint density at radius 1 is 1.59 bits per heavy atom. The molecule has 2 heterocycles. The number of rotatable bonds is 4. The van der Waals surface area contributed by atoms with Gasteiger partial charge >= 0.3 is 5.97 Å². The molecule has 0 atom stereocenters. The lowest BCUT2D eigenvalue weighted by Crippen LogP contribution is -2.42. The first-order valence-corrected chi connectivity index (χ1v) is 6.72. The molecule has 0 bridgehead atoms. The summed E-state index contributed by atoms with van der Waals surface area (Å²) in [6.45, 7) is 7.13. The molecule has 0 spiro atoms. The van der Waals surface area contributed by atoms with E-state index >= 15 is 0 Å². The summed E-state index contributed by atoms with van der Waals surface area (Å²) < 4.78 is 4.91. The van der Waals surface area contributed by atoms with Crippen molar-refractivity contribution < 1.29 is 9.53 Å². The van der Waals surface area contributed by atoms with Crippen molar-refractivity contribution in [1.29, 1.82) is 0 Å². The van der Waals surface area contributed by atoms with Gasteiger partial charge in [0.25, 0.3) is 0 Å². The summed E-state index contributed by atoms with van der Waals surface area (Å²) in [5.74, 6) is -0.324. The largest absolute Gasteiger partial charge is 0.461 e. The lowest BCUT2D eigenvalue weighted by Gasteiger charge is -2.26. The summed E-state index contributed by atoms with van der Waals surface area (Å²) in [6, 6.07) is 0. The van der Waals surface area contributed by atoms with Crippen LogP contribution in [0.15, 0.2) is 5.38 Å². The minimum absolute atomic E-state index is 0.324. The third kappa shape index (κ3) is 3.49. The van der Waals surface area contributed by atoms with Crippen LogP contribution in [0.1, 0.15) is 22.4 Å². The number of ether oxygens (including phenoxy) is 1. The second kappa shape index (κ2) is 6.09. The van der Waals surface area contributed by atoms with Gasteiger partial charge in [-0.05, 0) is 6.92 Å². The zero-order valence-electron chi connectivity index (χ0n) is 9.94. The van der Waals surface area contributed by atoms with E-state index in [0.29, 0.717) is 12.3 Å². The molecule has 5 nitrogen and oxygen atoms in total. The molecule has 0 amide bonds. The van der Waals surface area contributed by atoms with Crippen LogP contribution in [0.3, 0.4) is 0 Å². The molecule has 1 fully saturated rings. The van der Waals surface area contributed by atoms with E-state index in [4.69, 9.17) is 4.74 Å². The molecule has 1 saturated heterocycles. The molecule has 0 saturated carbocycles. The fourth-order valence-corrected chi connectivity index (χ4v) is 2.55. The SMILES string of the molecule is CCOC(=O)c1csc(CN2CCNCC2)n1. The summed E-state index contributed by atoms with van der Waals surface area (Å²) in [6.07, 6.45) is 0. The minimum Gasteiger partial charge on any atom is -0.461 e. The third-order valence-corrected chi connectivity index (χ3v) is 3.44. The number of aromatic nitrogens is 1. The van der Waals surface area contributed by atoms with E-state index in [2.05, 4.69) is 15.2 Å². The van der Waals surface area contributed by atoms with E-state index in [9.17, 15) is 4.79 Å². The quantitative estimate of drug-likeness (QED) is 0.804. The Morgan fingerprint density at radius 3 is 3.06 bits per heavy atom. The lowest BCUT2D eigenvalue weighted by atomic mass is 10.3. The van der Waals surface area contributed by atoms with Gasteiger partial charge in [-0.15, -0.1) is 11.3 Å². The molecule has 0 aromatic carbocycles. The van der Waals surface area contributed by atoms with Crippen LogP contribution in [-0.2, 0) is 11.3 Å². The van der Waals surface area contributed by atoms with Crippen molar-refractivity contribution in [3.63, 3.8) is 0 Å². The highest BCUT2D eigenvalue weighted by atomic mass is 32.1. The van der Waals surface area contributed by atoms with Crippen molar-refractivity contribution in [3.8, 4) is 0 Å². The van der Waals surface area contributed by atoms with Crippen LogP contribution in [0.5, 0.6) is 0 Å². The normalized spacial score (nSPS) is 17.0. The number of esters is 1. The summed E-state index contributed by atoms with van der Waals surface area (Å²) in [4.78, 5) is 18.1. The first-order chi connectivity index (χ1) is 8.29. The van der Waals surface area contributed by atoms with Gasteiger partial charge in [-0.3, -0.25) is 4.90 Å². The average molecular weight is 255 g/mol. The topological polar surface area (TPSA) is 54.5 Å². The van der Waals surface area contributed by atoms with Crippen LogP contribution >= 0.6 is 11.3 Å². The number of nitrogens with one attached hydrogen (secondary N) is 1. The lowest BCUT2D eigenvalue weighted by molar-refractivity contribution is 0.0520. The predicted octanol–water partition coefficient (Wildman–Crippen LogP) is 0.725. The fourth-order valence-electron chi connectivity index (χ4n) is 1.74. The van der Waals surface area contributed by atoms with E-state index in [-0.39, 0.29) is 5.97 Å². The van der Waals surface area contributed by atoms with E-state index in [1.165, 1.54) is 11.3 Å². The fraction of sp³-hybridized carbons (Fsp3) is 0.636. The van der Waals surface area contributed by atoms with E-state index in [1.807, 2.05) is 0 Å². The van der Waals surface area contributed by atoms with Gasteiger partial charge in [-0.1, -0.05) is 0 Å². The predicted molar refractivity (Wildman–Crippen MR) is 66.2 cm³/mol. The van der Waals surface area contributed by atoms with Crippen LogP contribution in [0, 0.1) is 0 Å². The zero-order valence-corrected chi connectivity index (χ0v) is 10.8. The smallest absolute Gasteiger partial charge is 0.357 e. The van der Waals surface area contributed by atoms with Gasteiger partial charge in [0.05, 0.1) is 13.2 Å². The molecule has 1 N–H and O–H groups in total. The maximum absolute atomic E-state index is 11.4. The highest BCUT2D eigenvalue weighted by molar-refractivity contribution is 7.09. The Hall–Kier alpha value is -0.980. The van der Waals surface area contributed by atoms with Crippen molar-refractivity contribution in [1.82, 2.24) is 15.2 Å². The molecule has 0 radical (unpaired) electrons. The summed E-state index contributed by atoms with van der Waals surface area (Å²) in [5, 5.41) is 6.06. The number of hydrogen-bond donors (Lipinski definition) is 1. The van der Waals surface area contributed by atoms with Crippen LogP contribution < -0.4 is 5.32 Å². The molecular formula is C11H17N3O2S. The van der Waals surface area contributed by atoms with Gasteiger partial charge in [0.1, 0.15) is 5.01 Å². The molecule has 94 valence electrons. The molecule has 2 rings (SSSR count). The number of thiazole rings is 1. The molecule has 6 heteroatoms. The average Bonchev–Trinajstić information content (AvgIpc) is 2.79. The maximum Gasteiger partial charge on any atom is 0.357 e. The summed E-state index contributed by atoms with van der Waals surface area (Å²) in [7, 11) is 0. The van der Waals surface area contributed by atoms with Crippen molar-refractivity contribution in [2.45, 2.75) is 13.5 Å². The standard InChI is InChI=1S/C11H17N3O2S/c1-2-16-11(15)9-8-17-10(13-9)7-14-5-3-12-4-6-14/h8,12H,2-7H2,1H3. The molecule has 1 aliphatic heterocycles. The molecular weight excluding hydrogens is 238 g/mol. The number of piperazine rings is 1. The van der Waals surface area contributed by atoms with Crippen LogP contribution in [0.4, 0.5) is 0 Å². The first-order valence-electron chi connectivity index (χ1n) is 5.84. The van der Waals surface area contributed by atoms with Crippen molar-refractivity contribution >= 4 is 17.3 Å². The molecule has 17 heavy (non-hydrogen) atoms. The molecule has 0 aliphatic carbocycles. The highest BCUT2D eigenvalue weighted by Gasteiger charge is 2.15. The second-order valence-corrected chi connectivity index (χ2v) is 4.82. The Labute approximate surface area is 105 Å². The maximum atomic E-state index is 11.4. The number of hydrogen-bond acceptors (Lipinski definition) is 6. The second-order valence-electron chi connectivity index (χ2n) is 3.87. The van der Waals surface area contributed by atoms with Gasteiger partial charge in [0, 0.05) is 31.6 Å². The first kappa shape index (κ1) is 12.5. The highest BCUT2D eigenvalue weighted by Crippen LogP contribution is 2.13. The van der Waals surface area contributed by atoms with Crippen LogP contribution in [-0.4, -0.2) is 48.6 Å². The van der Waals surface area contributed by atoms with Gasteiger partial charge in [0.15, 0.2) is 5.69 Å². The van der Waals surface area contributed by atoms with Crippen LogP contribution in [0.2, 0.25) is 0 Å². The van der Waals surface area contributed by atoms with Gasteiger partial charge in [-0.2, -0.15) is 0 Å². The van der Waals surface area contributed by atoms with Gasteiger partial charge < -0.3 is 10.1 Å².